The average Bonchev–Trinajstić information content (AvgIpc) is 2.76. The van der Waals surface area contributed by atoms with Gasteiger partial charge in [0.25, 0.3) is 0 Å². The van der Waals surface area contributed by atoms with E-state index in [9.17, 15) is 0 Å². The van der Waals surface area contributed by atoms with Crippen molar-refractivity contribution in [2.45, 2.75) is 57.4 Å². The third-order valence-electron chi connectivity index (χ3n) is 4.14. The smallest absolute Gasteiger partial charge is 0.00924 e. The zero-order chi connectivity index (χ0) is 9.10. The minimum atomic E-state index is 0.848. The molecule has 0 radical (unpaired) electrons. The van der Waals surface area contributed by atoms with Gasteiger partial charge < -0.3 is 5.32 Å². The monoisotopic (exact) mass is 181 g/mol. The van der Waals surface area contributed by atoms with Gasteiger partial charge in [-0.25, -0.2) is 0 Å². The first-order valence-corrected chi connectivity index (χ1v) is 6.07. The van der Waals surface area contributed by atoms with E-state index >= 15 is 0 Å². The van der Waals surface area contributed by atoms with Crippen LogP contribution in [-0.2, 0) is 0 Å². The van der Waals surface area contributed by atoms with E-state index in [1.54, 1.807) is 0 Å². The van der Waals surface area contributed by atoms with Gasteiger partial charge in [-0.2, -0.15) is 0 Å². The Balaban J connectivity index is 1.79. The zero-order valence-electron chi connectivity index (χ0n) is 8.89. The van der Waals surface area contributed by atoms with Crippen LogP contribution < -0.4 is 5.32 Å². The molecule has 0 saturated heterocycles. The minimum Gasteiger partial charge on any atom is -0.317 e. The standard InChI is InChI=1S/C12H23N/c1-13-12-8-4-7-11(12)9-10-5-2-3-6-10/h10-13H,2-9H2,1H3. The summed E-state index contributed by atoms with van der Waals surface area (Å²) in [6.07, 6.45) is 11.9. The molecular weight excluding hydrogens is 158 g/mol. The third-order valence-corrected chi connectivity index (χ3v) is 4.14. The minimum absolute atomic E-state index is 0.848. The molecule has 0 heterocycles. The fraction of sp³-hybridized carbons (Fsp3) is 1.00. The second-order valence-corrected chi connectivity index (χ2v) is 4.97. The van der Waals surface area contributed by atoms with Crippen molar-refractivity contribution in [1.82, 2.24) is 5.32 Å². The van der Waals surface area contributed by atoms with E-state index in [0.717, 1.165) is 17.9 Å². The second kappa shape index (κ2) is 4.45. The zero-order valence-corrected chi connectivity index (χ0v) is 8.89. The fourth-order valence-electron chi connectivity index (χ4n) is 3.37. The number of hydrogen-bond donors (Lipinski definition) is 1. The summed E-state index contributed by atoms with van der Waals surface area (Å²) in [5.41, 5.74) is 0. The average molecular weight is 181 g/mol. The Morgan fingerprint density at radius 1 is 1.00 bits per heavy atom. The summed E-state index contributed by atoms with van der Waals surface area (Å²) < 4.78 is 0. The van der Waals surface area contributed by atoms with E-state index in [0.29, 0.717) is 0 Å². The van der Waals surface area contributed by atoms with Gasteiger partial charge in [-0.05, 0) is 38.1 Å². The Morgan fingerprint density at radius 3 is 2.46 bits per heavy atom. The van der Waals surface area contributed by atoms with Crippen molar-refractivity contribution < 1.29 is 0 Å². The summed E-state index contributed by atoms with van der Waals surface area (Å²) in [5, 5.41) is 3.49. The molecular formula is C12H23N. The van der Waals surface area contributed by atoms with Gasteiger partial charge in [-0.1, -0.05) is 32.1 Å². The molecule has 1 nitrogen and oxygen atoms in total. The van der Waals surface area contributed by atoms with Crippen LogP contribution in [0.5, 0.6) is 0 Å². The van der Waals surface area contributed by atoms with E-state index in [1.165, 1.54) is 51.4 Å². The molecule has 0 aliphatic heterocycles. The highest BCUT2D eigenvalue weighted by molar-refractivity contribution is 4.84. The first-order chi connectivity index (χ1) is 6.40. The molecule has 0 aromatic rings. The lowest BCUT2D eigenvalue weighted by Crippen LogP contribution is -2.29. The number of nitrogens with one attached hydrogen (secondary N) is 1. The van der Waals surface area contributed by atoms with Crippen molar-refractivity contribution in [3.8, 4) is 0 Å². The highest BCUT2D eigenvalue weighted by atomic mass is 14.9. The third kappa shape index (κ3) is 2.25. The second-order valence-electron chi connectivity index (χ2n) is 4.97. The van der Waals surface area contributed by atoms with Crippen molar-refractivity contribution in [3.63, 3.8) is 0 Å². The molecule has 13 heavy (non-hydrogen) atoms. The predicted molar refractivity (Wildman–Crippen MR) is 56.8 cm³/mol. The van der Waals surface area contributed by atoms with Gasteiger partial charge in [-0.3, -0.25) is 0 Å². The molecule has 1 heteroatoms. The Hall–Kier alpha value is -0.0400. The predicted octanol–water partition coefficient (Wildman–Crippen LogP) is 2.95. The first-order valence-electron chi connectivity index (χ1n) is 6.07. The van der Waals surface area contributed by atoms with E-state index in [2.05, 4.69) is 12.4 Å². The van der Waals surface area contributed by atoms with Crippen molar-refractivity contribution in [1.29, 1.82) is 0 Å². The van der Waals surface area contributed by atoms with Gasteiger partial charge in [0.1, 0.15) is 0 Å². The SMILES string of the molecule is CNC1CCCC1CC1CCCC1. The lowest BCUT2D eigenvalue weighted by molar-refractivity contribution is 0.330. The Kier molecular flexibility index (Phi) is 3.26. The van der Waals surface area contributed by atoms with Crippen molar-refractivity contribution in [2.75, 3.05) is 7.05 Å². The number of rotatable bonds is 3. The van der Waals surface area contributed by atoms with Crippen LogP contribution in [0.4, 0.5) is 0 Å². The van der Waals surface area contributed by atoms with Gasteiger partial charge in [0, 0.05) is 6.04 Å². The van der Waals surface area contributed by atoms with Crippen LogP contribution in [0.25, 0.3) is 0 Å². The maximum absolute atomic E-state index is 3.49. The van der Waals surface area contributed by atoms with E-state index in [1.807, 2.05) is 0 Å². The Bertz CT molecular complexity index is 149. The van der Waals surface area contributed by atoms with E-state index in [-0.39, 0.29) is 0 Å². The molecule has 1 N–H and O–H groups in total. The van der Waals surface area contributed by atoms with Crippen molar-refractivity contribution in [3.05, 3.63) is 0 Å². The van der Waals surface area contributed by atoms with Crippen LogP contribution in [0.2, 0.25) is 0 Å². The molecule has 2 atom stereocenters. The summed E-state index contributed by atoms with van der Waals surface area (Å²) in [7, 11) is 2.14. The molecule has 0 spiro atoms. The van der Waals surface area contributed by atoms with Crippen LogP contribution in [-0.4, -0.2) is 13.1 Å². The highest BCUT2D eigenvalue weighted by Crippen LogP contribution is 2.36. The fourth-order valence-corrected chi connectivity index (χ4v) is 3.37. The number of hydrogen-bond acceptors (Lipinski definition) is 1. The molecule has 2 rings (SSSR count). The van der Waals surface area contributed by atoms with Crippen LogP contribution in [0.3, 0.4) is 0 Å². The van der Waals surface area contributed by atoms with Gasteiger partial charge in [-0.15, -0.1) is 0 Å². The van der Waals surface area contributed by atoms with Gasteiger partial charge >= 0.3 is 0 Å². The quantitative estimate of drug-likeness (QED) is 0.706. The van der Waals surface area contributed by atoms with Crippen LogP contribution in [0.15, 0.2) is 0 Å². The molecule has 76 valence electrons. The molecule has 0 aromatic heterocycles. The topological polar surface area (TPSA) is 12.0 Å². The summed E-state index contributed by atoms with van der Waals surface area (Å²) in [4.78, 5) is 0. The maximum Gasteiger partial charge on any atom is 0.00924 e. The highest BCUT2D eigenvalue weighted by Gasteiger charge is 2.29. The maximum atomic E-state index is 3.49. The van der Waals surface area contributed by atoms with Crippen molar-refractivity contribution >= 4 is 0 Å². The lowest BCUT2D eigenvalue weighted by atomic mass is 9.90. The van der Waals surface area contributed by atoms with Crippen LogP contribution in [0.1, 0.15) is 51.4 Å². The van der Waals surface area contributed by atoms with Crippen molar-refractivity contribution in [2.24, 2.45) is 11.8 Å². The van der Waals surface area contributed by atoms with Gasteiger partial charge in [0.15, 0.2) is 0 Å². The summed E-state index contributed by atoms with van der Waals surface area (Å²) >= 11 is 0. The Labute approximate surface area is 82.3 Å². The van der Waals surface area contributed by atoms with Crippen LogP contribution >= 0.6 is 0 Å². The summed E-state index contributed by atoms with van der Waals surface area (Å²) in [6.45, 7) is 0. The molecule has 0 amide bonds. The summed E-state index contributed by atoms with van der Waals surface area (Å²) in [5.74, 6) is 2.09. The van der Waals surface area contributed by atoms with E-state index in [4.69, 9.17) is 0 Å². The normalized spacial score (nSPS) is 35.8. The van der Waals surface area contributed by atoms with E-state index < -0.39 is 0 Å². The molecule has 2 aliphatic rings. The molecule has 2 unspecified atom stereocenters. The van der Waals surface area contributed by atoms with Crippen LogP contribution in [0, 0.1) is 11.8 Å². The Morgan fingerprint density at radius 2 is 1.77 bits per heavy atom. The van der Waals surface area contributed by atoms with Gasteiger partial charge in [0.2, 0.25) is 0 Å². The lowest BCUT2D eigenvalue weighted by Gasteiger charge is -2.21. The first kappa shape index (κ1) is 9.51. The molecule has 2 aliphatic carbocycles. The molecule has 2 saturated carbocycles. The largest absolute Gasteiger partial charge is 0.317 e. The van der Waals surface area contributed by atoms with Gasteiger partial charge in [0.05, 0.1) is 0 Å². The summed E-state index contributed by atoms with van der Waals surface area (Å²) in [6, 6.07) is 0.848. The molecule has 0 bridgehead atoms. The molecule has 2 fully saturated rings. The molecule has 0 aromatic carbocycles.